The fourth-order valence-corrected chi connectivity index (χ4v) is 0.800. The monoisotopic (exact) mass is 139 g/mol. The molecule has 10 heavy (non-hydrogen) atoms. The van der Waals surface area contributed by atoms with Crippen molar-refractivity contribution in [1.82, 2.24) is 4.98 Å². The van der Waals surface area contributed by atoms with Crippen LogP contribution in [0.4, 0.5) is 0 Å². The van der Waals surface area contributed by atoms with Gasteiger partial charge in [0.05, 0.1) is 0 Å². The van der Waals surface area contributed by atoms with Crippen molar-refractivity contribution in [2.24, 2.45) is 0 Å². The van der Waals surface area contributed by atoms with Crippen LogP contribution in [-0.4, -0.2) is 4.98 Å². The van der Waals surface area contributed by atoms with E-state index >= 15 is 0 Å². The van der Waals surface area contributed by atoms with Gasteiger partial charge < -0.3 is 5.21 Å². The second-order valence-corrected chi connectivity index (χ2v) is 2.38. The number of aryl methyl sites for hydroxylation is 2. The van der Waals surface area contributed by atoms with Gasteiger partial charge in [-0.2, -0.15) is 4.73 Å². The second-order valence-electron chi connectivity index (χ2n) is 2.38. The van der Waals surface area contributed by atoms with E-state index in [1.165, 1.54) is 6.20 Å². The highest BCUT2D eigenvalue weighted by molar-refractivity contribution is 5.03. The van der Waals surface area contributed by atoms with E-state index in [0.29, 0.717) is 5.69 Å². The van der Waals surface area contributed by atoms with Crippen molar-refractivity contribution < 1.29 is 4.73 Å². The van der Waals surface area contributed by atoms with Gasteiger partial charge in [-0.1, -0.05) is 0 Å². The molecule has 0 atom stereocenters. The molecule has 1 aromatic rings. The lowest BCUT2D eigenvalue weighted by Crippen LogP contribution is -2.31. The minimum Gasteiger partial charge on any atom is -0.618 e. The van der Waals surface area contributed by atoms with E-state index in [4.69, 9.17) is 0 Å². The topological polar surface area (TPSA) is 39.8 Å². The summed E-state index contributed by atoms with van der Waals surface area (Å²) in [7, 11) is 0. The number of rotatable bonds is 0. The summed E-state index contributed by atoms with van der Waals surface area (Å²) in [6.45, 7) is 5.40. The summed E-state index contributed by atoms with van der Waals surface area (Å²) in [4.78, 5) is 4.11. The SMILES string of the molecule is Cc1c[15n+]([O-])c(C)c(C)n1. The van der Waals surface area contributed by atoms with Gasteiger partial charge in [-0.25, -0.2) is 4.98 Å². The number of hydrogen-bond donors (Lipinski definition) is 0. The molecule has 3 heteroatoms. The maximum Gasteiger partial charge on any atom is 0.210 e. The average molecular weight is 139 g/mol. The predicted molar refractivity (Wildman–Crippen MR) is 37.4 cm³/mol. The van der Waals surface area contributed by atoms with Crippen molar-refractivity contribution in [3.8, 4) is 0 Å². The second kappa shape index (κ2) is 2.25. The molecule has 0 amide bonds. The molecule has 1 heterocycles. The zero-order chi connectivity index (χ0) is 7.72. The Labute approximate surface area is 59.9 Å². The maximum atomic E-state index is 10.9. The van der Waals surface area contributed by atoms with E-state index in [9.17, 15) is 5.21 Å². The first-order valence-corrected chi connectivity index (χ1v) is 3.15. The molecule has 0 radical (unpaired) electrons. The van der Waals surface area contributed by atoms with Crippen molar-refractivity contribution in [2.45, 2.75) is 20.8 Å². The minimum absolute atomic E-state index is 0.672. The summed E-state index contributed by atoms with van der Waals surface area (Å²) in [5, 5.41) is 10.9. The summed E-state index contributed by atoms with van der Waals surface area (Å²) in [5.74, 6) is 0. The van der Waals surface area contributed by atoms with Gasteiger partial charge in [0, 0.05) is 6.92 Å². The summed E-state index contributed by atoms with van der Waals surface area (Å²) >= 11 is 0. The van der Waals surface area contributed by atoms with Crippen LogP contribution in [0.5, 0.6) is 0 Å². The third-order valence-corrected chi connectivity index (χ3v) is 1.50. The third kappa shape index (κ3) is 1.07. The van der Waals surface area contributed by atoms with E-state index in [-0.39, 0.29) is 0 Å². The molecule has 0 spiro atoms. The lowest BCUT2D eigenvalue weighted by molar-refractivity contribution is -0.613. The molecular formula is C7H10N2O. The van der Waals surface area contributed by atoms with Crippen molar-refractivity contribution >= 4 is 0 Å². The molecular weight excluding hydrogens is 129 g/mol. The molecule has 0 aliphatic carbocycles. The summed E-state index contributed by atoms with van der Waals surface area (Å²) in [5.41, 5.74) is 2.23. The van der Waals surface area contributed by atoms with Crippen LogP contribution in [0.1, 0.15) is 17.1 Å². The first-order chi connectivity index (χ1) is 4.61. The van der Waals surface area contributed by atoms with Gasteiger partial charge in [-0.05, 0) is 13.8 Å². The Bertz CT molecular complexity index is 235. The van der Waals surface area contributed by atoms with Gasteiger partial charge in [-0.15, -0.1) is 0 Å². The van der Waals surface area contributed by atoms with E-state index in [2.05, 4.69) is 4.98 Å². The molecule has 54 valence electrons. The summed E-state index contributed by atoms with van der Waals surface area (Å²) < 4.78 is 0.845. The summed E-state index contributed by atoms with van der Waals surface area (Å²) in [6.07, 6.45) is 1.47. The highest BCUT2D eigenvalue weighted by atomic mass is 16.7. The number of aromatic nitrogens is 2. The van der Waals surface area contributed by atoms with Crippen LogP contribution in [-0.2, 0) is 0 Å². The molecule has 0 saturated heterocycles. The smallest absolute Gasteiger partial charge is 0.210 e. The number of hydrogen-bond acceptors (Lipinski definition) is 2. The van der Waals surface area contributed by atoms with Gasteiger partial charge in [0.25, 0.3) is 0 Å². The van der Waals surface area contributed by atoms with Crippen LogP contribution >= 0.6 is 0 Å². The molecule has 0 unspecified atom stereocenters. The Balaban J connectivity index is 3.31. The first kappa shape index (κ1) is 6.99. The molecule has 0 bridgehead atoms. The molecule has 1 rings (SSSR count). The van der Waals surface area contributed by atoms with Crippen LogP contribution in [0.25, 0.3) is 0 Å². The predicted octanol–water partition coefficient (Wildman–Crippen LogP) is 0.640. The average Bonchev–Trinajstić information content (AvgIpc) is 1.82. The third-order valence-electron chi connectivity index (χ3n) is 1.50. The molecule has 0 fully saturated rings. The van der Waals surface area contributed by atoms with Crippen molar-refractivity contribution in [2.75, 3.05) is 0 Å². The Morgan fingerprint density at radius 1 is 1.40 bits per heavy atom. The molecule has 0 aliphatic rings. The maximum absolute atomic E-state index is 10.9. The fourth-order valence-electron chi connectivity index (χ4n) is 0.800. The Kier molecular flexibility index (Phi) is 1.57. The van der Waals surface area contributed by atoms with Crippen LogP contribution in [0.3, 0.4) is 0 Å². The Hall–Kier alpha value is -1.12. The van der Waals surface area contributed by atoms with Crippen LogP contribution in [0, 0.1) is 26.0 Å². The summed E-state index contributed by atoms with van der Waals surface area (Å²) in [6, 6.07) is 0. The normalized spacial score (nSPS) is 9.90. The van der Waals surface area contributed by atoms with Gasteiger partial charge in [0.2, 0.25) is 11.9 Å². The zero-order valence-corrected chi connectivity index (χ0v) is 6.38. The van der Waals surface area contributed by atoms with Crippen LogP contribution < -0.4 is 4.73 Å². The van der Waals surface area contributed by atoms with Crippen molar-refractivity contribution in [3.05, 3.63) is 28.5 Å². The quantitative estimate of drug-likeness (QED) is 0.391. The van der Waals surface area contributed by atoms with Crippen molar-refractivity contribution in [1.29, 1.82) is 0 Å². The molecule has 0 aromatic carbocycles. The van der Waals surface area contributed by atoms with E-state index < -0.39 is 0 Å². The standard InChI is InChI=1S/C7H10N2O/c1-5-4-9(10)7(3)6(2)8-5/h4H,1-3H3/i9+1. The minimum atomic E-state index is 0.672. The molecule has 0 N–H and O–H groups in total. The molecule has 0 aliphatic heterocycles. The molecule has 3 nitrogen and oxygen atoms in total. The van der Waals surface area contributed by atoms with E-state index in [1.54, 1.807) is 13.8 Å². The van der Waals surface area contributed by atoms with Crippen LogP contribution in [0.2, 0.25) is 0 Å². The molecule has 0 saturated carbocycles. The van der Waals surface area contributed by atoms with Crippen LogP contribution in [0.15, 0.2) is 6.20 Å². The van der Waals surface area contributed by atoms with Gasteiger partial charge in [-0.3, -0.25) is 0 Å². The Morgan fingerprint density at radius 3 is 2.50 bits per heavy atom. The van der Waals surface area contributed by atoms with Gasteiger partial charge in [0.1, 0.15) is 11.4 Å². The zero-order valence-electron chi connectivity index (χ0n) is 6.38. The molecule has 1 aromatic heterocycles. The largest absolute Gasteiger partial charge is 0.618 e. The Morgan fingerprint density at radius 2 is 2.00 bits per heavy atom. The highest BCUT2D eigenvalue weighted by Gasteiger charge is 2.03. The van der Waals surface area contributed by atoms with Gasteiger partial charge in [0.15, 0.2) is 0 Å². The van der Waals surface area contributed by atoms with Gasteiger partial charge >= 0.3 is 0 Å². The fraction of sp³-hybridized carbons (Fsp3) is 0.429. The van der Waals surface area contributed by atoms with E-state index in [0.717, 1.165) is 16.1 Å². The lowest BCUT2D eigenvalue weighted by Gasteiger charge is -2.02. The highest BCUT2D eigenvalue weighted by Crippen LogP contribution is 1.96. The number of nitrogens with zero attached hydrogens (tertiary/aromatic N) is 2. The first-order valence-electron chi connectivity index (χ1n) is 3.15. The van der Waals surface area contributed by atoms with E-state index in [1.807, 2.05) is 6.92 Å². The van der Waals surface area contributed by atoms with Crippen molar-refractivity contribution in [3.63, 3.8) is 0 Å². The lowest BCUT2D eigenvalue weighted by atomic mass is 10.3.